The van der Waals surface area contributed by atoms with Gasteiger partial charge in [-0.3, -0.25) is 0 Å². The van der Waals surface area contributed by atoms with Crippen molar-refractivity contribution < 1.29 is 4.74 Å². The lowest BCUT2D eigenvalue weighted by Gasteiger charge is -2.35. The number of rotatable bonds is 7. The largest absolute Gasteiger partial charge is 0.490 e. The van der Waals surface area contributed by atoms with Gasteiger partial charge in [-0.2, -0.15) is 0 Å². The number of methoxy groups -OCH3 is 1. The second-order valence-corrected chi connectivity index (χ2v) is 5.58. The average molecular weight is 292 g/mol. The molecule has 5 nitrogen and oxygen atoms in total. The standard InChI is InChI=1S/C16H28N4O/c1-4-11-17-15-14(21-3)16(19-12-18-15)20(5-2)13-9-7-6-8-10-13/h12-13H,4-11H2,1-3H3,(H,17,18,19). The molecule has 1 fully saturated rings. The van der Waals surface area contributed by atoms with Gasteiger partial charge in [0.15, 0.2) is 11.6 Å². The third-order valence-corrected chi connectivity index (χ3v) is 4.16. The van der Waals surface area contributed by atoms with Crippen molar-refractivity contribution in [3.05, 3.63) is 6.33 Å². The number of nitrogens with zero attached hydrogens (tertiary/aromatic N) is 3. The maximum Gasteiger partial charge on any atom is 0.204 e. The van der Waals surface area contributed by atoms with Crippen LogP contribution in [0.15, 0.2) is 6.33 Å². The van der Waals surface area contributed by atoms with Crippen LogP contribution in [0.25, 0.3) is 0 Å². The van der Waals surface area contributed by atoms with E-state index in [4.69, 9.17) is 4.74 Å². The van der Waals surface area contributed by atoms with Gasteiger partial charge in [-0.15, -0.1) is 0 Å². The molecule has 0 unspecified atom stereocenters. The Morgan fingerprint density at radius 1 is 1.24 bits per heavy atom. The van der Waals surface area contributed by atoms with Crippen LogP contribution in [-0.2, 0) is 0 Å². The van der Waals surface area contributed by atoms with Crippen LogP contribution in [-0.4, -0.2) is 36.2 Å². The van der Waals surface area contributed by atoms with Crippen LogP contribution in [0.3, 0.4) is 0 Å². The van der Waals surface area contributed by atoms with Crippen LogP contribution in [0.5, 0.6) is 5.75 Å². The lowest BCUT2D eigenvalue weighted by molar-refractivity contribution is 0.393. The van der Waals surface area contributed by atoms with E-state index in [0.29, 0.717) is 6.04 Å². The topological polar surface area (TPSA) is 50.3 Å². The van der Waals surface area contributed by atoms with Gasteiger partial charge in [-0.25, -0.2) is 9.97 Å². The molecule has 1 aliphatic carbocycles. The van der Waals surface area contributed by atoms with Crippen molar-refractivity contribution in [1.29, 1.82) is 0 Å². The third kappa shape index (κ3) is 3.77. The fourth-order valence-electron chi connectivity index (χ4n) is 3.10. The summed E-state index contributed by atoms with van der Waals surface area (Å²) in [5.74, 6) is 2.51. The Morgan fingerprint density at radius 2 is 2.00 bits per heavy atom. The first-order chi connectivity index (χ1) is 10.3. The van der Waals surface area contributed by atoms with Crippen molar-refractivity contribution in [2.24, 2.45) is 0 Å². The van der Waals surface area contributed by atoms with Crippen LogP contribution >= 0.6 is 0 Å². The summed E-state index contributed by atoms with van der Waals surface area (Å²) in [6, 6.07) is 0.576. The molecule has 0 bridgehead atoms. The molecule has 1 heterocycles. The quantitative estimate of drug-likeness (QED) is 0.834. The molecular formula is C16H28N4O. The smallest absolute Gasteiger partial charge is 0.204 e. The SMILES string of the molecule is CCCNc1ncnc(N(CC)C2CCCCC2)c1OC. The van der Waals surface area contributed by atoms with Crippen molar-refractivity contribution in [2.45, 2.75) is 58.4 Å². The summed E-state index contributed by atoms with van der Waals surface area (Å²) in [5, 5.41) is 3.33. The molecule has 0 aromatic carbocycles. The van der Waals surface area contributed by atoms with Gasteiger partial charge in [-0.05, 0) is 26.2 Å². The first-order valence-electron chi connectivity index (χ1n) is 8.21. The molecule has 118 valence electrons. The maximum absolute atomic E-state index is 5.62. The second kappa shape index (κ2) is 8.05. The summed E-state index contributed by atoms with van der Waals surface area (Å²) in [4.78, 5) is 11.2. The molecule has 1 aliphatic rings. The molecule has 1 aromatic heterocycles. The highest BCUT2D eigenvalue weighted by Gasteiger charge is 2.25. The van der Waals surface area contributed by atoms with Gasteiger partial charge in [-0.1, -0.05) is 26.2 Å². The van der Waals surface area contributed by atoms with Crippen molar-refractivity contribution in [1.82, 2.24) is 9.97 Å². The second-order valence-electron chi connectivity index (χ2n) is 5.58. The summed E-state index contributed by atoms with van der Waals surface area (Å²) in [5.41, 5.74) is 0. The molecule has 0 spiro atoms. The molecule has 0 atom stereocenters. The molecule has 21 heavy (non-hydrogen) atoms. The third-order valence-electron chi connectivity index (χ3n) is 4.16. The van der Waals surface area contributed by atoms with E-state index in [9.17, 15) is 0 Å². The lowest BCUT2D eigenvalue weighted by atomic mass is 9.94. The zero-order valence-electron chi connectivity index (χ0n) is 13.6. The molecular weight excluding hydrogens is 264 g/mol. The fourth-order valence-corrected chi connectivity index (χ4v) is 3.10. The molecule has 0 amide bonds. The van der Waals surface area contributed by atoms with Gasteiger partial charge in [0.25, 0.3) is 0 Å². The van der Waals surface area contributed by atoms with Crippen LogP contribution in [0.2, 0.25) is 0 Å². The molecule has 0 saturated heterocycles. The summed E-state index contributed by atoms with van der Waals surface area (Å²) in [6.07, 6.45) is 9.19. The van der Waals surface area contributed by atoms with E-state index < -0.39 is 0 Å². The minimum atomic E-state index is 0.576. The molecule has 0 radical (unpaired) electrons. The number of hydrogen-bond donors (Lipinski definition) is 1. The van der Waals surface area contributed by atoms with E-state index in [2.05, 4.69) is 34.0 Å². The predicted molar refractivity (Wildman–Crippen MR) is 87.3 cm³/mol. The number of nitrogens with one attached hydrogen (secondary N) is 1. The summed E-state index contributed by atoms with van der Waals surface area (Å²) in [6.45, 7) is 6.17. The summed E-state index contributed by atoms with van der Waals surface area (Å²) >= 11 is 0. The Kier molecular flexibility index (Phi) is 6.08. The van der Waals surface area contributed by atoms with E-state index in [0.717, 1.165) is 36.9 Å². The highest BCUT2D eigenvalue weighted by molar-refractivity contribution is 5.65. The van der Waals surface area contributed by atoms with Crippen LogP contribution in [0, 0.1) is 0 Å². The van der Waals surface area contributed by atoms with Crippen molar-refractivity contribution in [2.75, 3.05) is 30.4 Å². The highest BCUT2D eigenvalue weighted by Crippen LogP contribution is 2.35. The van der Waals surface area contributed by atoms with E-state index in [1.54, 1.807) is 13.4 Å². The Bertz CT molecular complexity index is 432. The van der Waals surface area contributed by atoms with Crippen molar-refractivity contribution in [3.63, 3.8) is 0 Å². The van der Waals surface area contributed by atoms with E-state index >= 15 is 0 Å². The van der Waals surface area contributed by atoms with Crippen molar-refractivity contribution in [3.8, 4) is 5.75 Å². The van der Waals surface area contributed by atoms with Gasteiger partial charge in [0, 0.05) is 19.1 Å². The number of aromatic nitrogens is 2. The maximum atomic E-state index is 5.62. The Morgan fingerprint density at radius 3 is 2.62 bits per heavy atom. The van der Waals surface area contributed by atoms with Crippen molar-refractivity contribution >= 4 is 11.6 Å². The first-order valence-corrected chi connectivity index (χ1v) is 8.21. The Hall–Kier alpha value is -1.52. The normalized spacial score (nSPS) is 15.8. The predicted octanol–water partition coefficient (Wildman–Crippen LogP) is 3.47. The molecule has 1 saturated carbocycles. The molecule has 1 aromatic rings. The molecule has 1 N–H and O–H groups in total. The number of hydrogen-bond acceptors (Lipinski definition) is 5. The minimum absolute atomic E-state index is 0.576. The highest BCUT2D eigenvalue weighted by atomic mass is 16.5. The zero-order valence-corrected chi connectivity index (χ0v) is 13.6. The van der Waals surface area contributed by atoms with Crippen LogP contribution < -0.4 is 15.0 Å². The van der Waals surface area contributed by atoms with E-state index in [1.807, 2.05) is 0 Å². The lowest BCUT2D eigenvalue weighted by Crippen LogP contribution is -2.37. The van der Waals surface area contributed by atoms with Gasteiger partial charge in [0.2, 0.25) is 5.75 Å². The Labute approximate surface area is 128 Å². The van der Waals surface area contributed by atoms with E-state index in [1.165, 1.54) is 32.1 Å². The van der Waals surface area contributed by atoms with Gasteiger partial charge >= 0.3 is 0 Å². The van der Waals surface area contributed by atoms with Gasteiger partial charge < -0.3 is 15.0 Å². The first kappa shape index (κ1) is 15.9. The fraction of sp³-hybridized carbons (Fsp3) is 0.750. The molecule has 2 rings (SSSR count). The van der Waals surface area contributed by atoms with Crippen LogP contribution in [0.4, 0.5) is 11.6 Å². The molecule has 5 heteroatoms. The Balaban J connectivity index is 2.26. The summed E-state index contributed by atoms with van der Waals surface area (Å²) < 4.78 is 5.62. The van der Waals surface area contributed by atoms with E-state index in [-0.39, 0.29) is 0 Å². The minimum Gasteiger partial charge on any atom is -0.490 e. The molecule has 0 aliphatic heterocycles. The zero-order chi connectivity index (χ0) is 15.1. The monoisotopic (exact) mass is 292 g/mol. The number of ether oxygens (including phenoxy) is 1. The average Bonchev–Trinajstić information content (AvgIpc) is 2.54. The van der Waals surface area contributed by atoms with Crippen LogP contribution in [0.1, 0.15) is 52.4 Å². The van der Waals surface area contributed by atoms with Gasteiger partial charge in [0.1, 0.15) is 6.33 Å². The van der Waals surface area contributed by atoms with Gasteiger partial charge in [0.05, 0.1) is 7.11 Å². The number of anilines is 2. The summed E-state index contributed by atoms with van der Waals surface area (Å²) in [7, 11) is 1.70.